The lowest BCUT2D eigenvalue weighted by Crippen LogP contribution is -2.27. The molecule has 1 aromatic heterocycles. The van der Waals surface area contributed by atoms with Gasteiger partial charge in [0.1, 0.15) is 11.6 Å². The van der Waals surface area contributed by atoms with Crippen molar-refractivity contribution < 1.29 is 22.0 Å². The molecular formula is C20H19FN2O4S. The number of nitrogens with one attached hydrogen (secondary N) is 2. The molecule has 8 heteroatoms. The summed E-state index contributed by atoms with van der Waals surface area (Å²) in [5.74, 6) is -0.343. The van der Waals surface area contributed by atoms with E-state index in [0.717, 1.165) is 0 Å². The van der Waals surface area contributed by atoms with Crippen LogP contribution in [-0.2, 0) is 16.6 Å². The van der Waals surface area contributed by atoms with Crippen molar-refractivity contribution in [3.05, 3.63) is 89.6 Å². The zero-order chi connectivity index (χ0) is 20.1. The molecule has 1 heterocycles. The van der Waals surface area contributed by atoms with Gasteiger partial charge >= 0.3 is 0 Å². The van der Waals surface area contributed by atoms with E-state index >= 15 is 0 Å². The van der Waals surface area contributed by atoms with Crippen LogP contribution in [0.15, 0.2) is 76.2 Å². The van der Waals surface area contributed by atoms with Gasteiger partial charge < -0.3 is 9.73 Å². The predicted octanol–water partition coefficient (Wildman–Crippen LogP) is 3.39. The molecule has 2 aromatic carbocycles. The SMILES string of the molecule is C[C@@H](NC(=O)c1ccc(S(=O)(=O)NCc2ccco2)cc1)c1ccccc1F. The second-order valence-corrected chi connectivity index (χ2v) is 7.91. The number of carbonyl (C=O) groups excluding carboxylic acids is 1. The Morgan fingerprint density at radius 3 is 2.43 bits per heavy atom. The third-order valence-electron chi connectivity index (χ3n) is 4.16. The molecule has 0 aliphatic rings. The van der Waals surface area contributed by atoms with E-state index in [9.17, 15) is 17.6 Å². The summed E-state index contributed by atoms with van der Waals surface area (Å²) in [7, 11) is -3.74. The highest BCUT2D eigenvalue weighted by atomic mass is 32.2. The number of hydrogen-bond acceptors (Lipinski definition) is 4. The van der Waals surface area contributed by atoms with E-state index in [4.69, 9.17) is 4.42 Å². The molecule has 2 N–H and O–H groups in total. The van der Waals surface area contributed by atoms with E-state index in [1.165, 1.54) is 36.6 Å². The van der Waals surface area contributed by atoms with Crippen molar-refractivity contribution in [1.29, 1.82) is 0 Å². The minimum Gasteiger partial charge on any atom is -0.468 e. The quantitative estimate of drug-likeness (QED) is 0.634. The maximum absolute atomic E-state index is 13.8. The maximum Gasteiger partial charge on any atom is 0.251 e. The highest BCUT2D eigenvalue weighted by molar-refractivity contribution is 7.89. The van der Waals surface area contributed by atoms with Crippen molar-refractivity contribution in [2.75, 3.05) is 0 Å². The highest BCUT2D eigenvalue weighted by Crippen LogP contribution is 2.17. The summed E-state index contributed by atoms with van der Waals surface area (Å²) >= 11 is 0. The summed E-state index contributed by atoms with van der Waals surface area (Å²) in [5.41, 5.74) is 0.644. The van der Waals surface area contributed by atoms with E-state index in [1.54, 1.807) is 37.3 Å². The minimum atomic E-state index is -3.74. The van der Waals surface area contributed by atoms with E-state index in [-0.39, 0.29) is 17.0 Å². The molecular weight excluding hydrogens is 383 g/mol. The third kappa shape index (κ3) is 4.65. The second-order valence-electron chi connectivity index (χ2n) is 6.14. The topological polar surface area (TPSA) is 88.4 Å². The summed E-state index contributed by atoms with van der Waals surface area (Å²) in [6.45, 7) is 1.70. The van der Waals surface area contributed by atoms with Crippen LogP contribution in [0.25, 0.3) is 0 Å². The number of furan rings is 1. The van der Waals surface area contributed by atoms with E-state index in [1.807, 2.05) is 0 Å². The van der Waals surface area contributed by atoms with E-state index < -0.39 is 27.8 Å². The molecule has 146 valence electrons. The van der Waals surface area contributed by atoms with Crippen LogP contribution >= 0.6 is 0 Å². The van der Waals surface area contributed by atoms with Gasteiger partial charge in [-0.25, -0.2) is 17.5 Å². The van der Waals surface area contributed by atoms with Crippen molar-refractivity contribution in [3.8, 4) is 0 Å². The van der Waals surface area contributed by atoms with Gasteiger partial charge in [-0.1, -0.05) is 18.2 Å². The minimum absolute atomic E-state index is 0.0255. The first-order valence-corrected chi connectivity index (χ1v) is 10.0. The van der Waals surface area contributed by atoms with Gasteiger partial charge in [-0.05, 0) is 49.4 Å². The monoisotopic (exact) mass is 402 g/mol. The van der Waals surface area contributed by atoms with Crippen LogP contribution in [0.5, 0.6) is 0 Å². The Bertz CT molecular complexity index is 1050. The lowest BCUT2D eigenvalue weighted by molar-refractivity contribution is 0.0939. The zero-order valence-electron chi connectivity index (χ0n) is 15.1. The Balaban J connectivity index is 1.66. The fourth-order valence-corrected chi connectivity index (χ4v) is 3.63. The van der Waals surface area contributed by atoms with Gasteiger partial charge in [0.15, 0.2) is 0 Å². The molecule has 3 rings (SSSR count). The van der Waals surface area contributed by atoms with Crippen LogP contribution < -0.4 is 10.0 Å². The summed E-state index contributed by atoms with van der Waals surface area (Å²) in [6.07, 6.45) is 1.46. The third-order valence-corrected chi connectivity index (χ3v) is 5.58. The number of hydrogen-bond donors (Lipinski definition) is 2. The molecule has 0 spiro atoms. The summed E-state index contributed by atoms with van der Waals surface area (Å²) in [4.78, 5) is 12.4. The normalized spacial score (nSPS) is 12.5. The van der Waals surface area contributed by atoms with Crippen LogP contribution in [0.2, 0.25) is 0 Å². The number of rotatable bonds is 7. The Labute approximate surface area is 162 Å². The second kappa shape index (κ2) is 8.37. The van der Waals surface area contributed by atoms with E-state index in [2.05, 4.69) is 10.0 Å². The Kier molecular flexibility index (Phi) is 5.91. The molecule has 0 aliphatic carbocycles. The molecule has 0 saturated carbocycles. The zero-order valence-corrected chi connectivity index (χ0v) is 15.9. The van der Waals surface area contributed by atoms with Crippen LogP contribution in [-0.4, -0.2) is 14.3 Å². The highest BCUT2D eigenvalue weighted by Gasteiger charge is 2.17. The van der Waals surface area contributed by atoms with Crippen LogP contribution in [0.1, 0.15) is 34.6 Å². The van der Waals surface area contributed by atoms with Crippen molar-refractivity contribution >= 4 is 15.9 Å². The standard InChI is InChI=1S/C20H19FN2O4S/c1-14(18-6-2-3-7-19(18)21)23-20(24)15-8-10-17(11-9-15)28(25,26)22-13-16-5-4-12-27-16/h2-12,14,22H,13H2,1H3,(H,23,24)/t14-/m1/s1. The molecule has 0 bridgehead atoms. The number of amides is 1. The predicted molar refractivity (Wildman–Crippen MR) is 101 cm³/mol. The van der Waals surface area contributed by atoms with Crippen molar-refractivity contribution in [3.63, 3.8) is 0 Å². The Morgan fingerprint density at radius 2 is 1.79 bits per heavy atom. The summed E-state index contributed by atoms with van der Waals surface area (Å²) in [6, 6.07) is 14.5. The largest absolute Gasteiger partial charge is 0.468 e. The van der Waals surface area contributed by atoms with Gasteiger partial charge in [-0.2, -0.15) is 0 Å². The number of carbonyl (C=O) groups is 1. The molecule has 0 saturated heterocycles. The Morgan fingerprint density at radius 1 is 1.07 bits per heavy atom. The fourth-order valence-electron chi connectivity index (χ4n) is 2.63. The number of halogens is 1. The first-order valence-electron chi connectivity index (χ1n) is 8.54. The van der Waals surface area contributed by atoms with Gasteiger partial charge in [0.2, 0.25) is 10.0 Å². The van der Waals surface area contributed by atoms with Crippen molar-refractivity contribution in [1.82, 2.24) is 10.0 Å². The molecule has 0 radical (unpaired) electrons. The van der Waals surface area contributed by atoms with Crippen molar-refractivity contribution in [2.24, 2.45) is 0 Å². The first-order chi connectivity index (χ1) is 13.4. The Hall–Kier alpha value is -2.97. The molecule has 0 unspecified atom stereocenters. The average molecular weight is 402 g/mol. The lowest BCUT2D eigenvalue weighted by atomic mass is 10.1. The van der Waals surface area contributed by atoms with E-state index in [0.29, 0.717) is 11.3 Å². The summed E-state index contributed by atoms with van der Waals surface area (Å²) in [5, 5.41) is 2.70. The van der Waals surface area contributed by atoms with Gasteiger partial charge in [0.05, 0.1) is 23.7 Å². The molecule has 1 atom stereocenters. The molecule has 6 nitrogen and oxygen atoms in total. The first kappa shape index (κ1) is 19.8. The molecule has 3 aromatic rings. The number of benzene rings is 2. The molecule has 1 amide bonds. The van der Waals surface area contributed by atoms with Gasteiger partial charge in [-0.15, -0.1) is 0 Å². The number of sulfonamides is 1. The van der Waals surface area contributed by atoms with Gasteiger partial charge in [-0.3, -0.25) is 4.79 Å². The van der Waals surface area contributed by atoms with Crippen molar-refractivity contribution in [2.45, 2.75) is 24.4 Å². The van der Waals surface area contributed by atoms with Crippen LogP contribution in [0, 0.1) is 5.82 Å². The summed E-state index contributed by atoms with van der Waals surface area (Å²) < 4.78 is 46.0. The fraction of sp³-hybridized carbons (Fsp3) is 0.150. The molecule has 0 aliphatic heterocycles. The van der Waals surface area contributed by atoms with Gasteiger partial charge in [0.25, 0.3) is 5.91 Å². The van der Waals surface area contributed by atoms with Crippen LogP contribution in [0.4, 0.5) is 4.39 Å². The average Bonchev–Trinajstić information content (AvgIpc) is 3.20. The molecule has 28 heavy (non-hydrogen) atoms. The van der Waals surface area contributed by atoms with Gasteiger partial charge in [0, 0.05) is 11.1 Å². The maximum atomic E-state index is 13.8. The lowest BCUT2D eigenvalue weighted by Gasteiger charge is -2.15. The smallest absolute Gasteiger partial charge is 0.251 e. The molecule has 0 fully saturated rings. The van der Waals surface area contributed by atoms with Crippen LogP contribution in [0.3, 0.4) is 0 Å².